The van der Waals surface area contributed by atoms with Gasteiger partial charge in [0.1, 0.15) is 0 Å². The zero-order valence-electron chi connectivity index (χ0n) is 14.3. The topological polar surface area (TPSA) is 15.3 Å². The van der Waals surface area contributed by atoms with Gasteiger partial charge in [-0.2, -0.15) is 0 Å². The van der Waals surface area contributed by atoms with E-state index in [2.05, 4.69) is 37.9 Å². The summed E-state index contributed by atoms with van der Waals surface area (Å²) in [5, 5.41) is 3.86. The fourth-order valence-electron chi connectivity index (χ4n) is 4.02. The molecule has 1 N–H and O–H groups in total. The predicted octanol–water partition coefficient (Wildman–Crippen LogP) is 4.06. The third-order valence-corrected chi connectivity index (χ3v) is 5.02. The van der Waals surface area contributed by atoms with Crippen molar-refractivity contribution in [1.29, 1.82) is 0 Å². The average Bonchev–Trinajstić information content (AvgIpc) is 2.89. The summed E-state index contributed by atoms with van der Waals surface area (Å²) in [5.74, 6) is 0.923. The summed E-state index contributed by atoms with van der Waals surface area (Å²) in [6.45, 7) is 13.2. The molecule has 2 fully saturated rings. The van der Waals surface area contributed by atoms with Crippen LogP contribution in [0.5, 0.6) is 0 Å². The van der Waals surface area contributed by atoms with Crippen molar-refractivity contribution < 1.29 is 0 Å². The van der Waals surface area contributed by atoms with Gasteiger partial charge in [-0.25, -0.2) is 0 Å². The number of hydrogen-bond donors (Lipinski definition) is 1. The number of likely N-dealkylation sites (tertiary alicyclic amines) is 1. The first-order valence-electron chi connectivity index (χ1n) is 8.95. The van der Waals surface area contributed by atoms with Crippen LogP contribution in [0.4, 0.5) is 0 Å². The molecule has 0 radical (unpaired) electrons. The molecular formula is C18H36N2. The highest BCUT2D eigenvalue weighted by Crippen LogP contribution is 2.29. The molecule has 1 aliphatic heterocycles. The van der Waals surface area contributed by atoms with E-state index in [4.69, 9.17) is 0 Å². The number of hydrogen-bond acceptors (Lipinski definition) is 2. The van der Waals surface area contributed by atoms with Crippen molar-refractivity contribution in [3.8, 4) is 0 Å². The Bertz CT molecular complexity index is 276. The highest BCUT2D eigenvalue weighted by atomic mass is 15.2. The van der Waals surface area contributed by atoms with Crippen LogP contribution in [-0.2, 0) is 0 Å². The van der Waals surface area contributed by atoms with Gasteiger partial charge in [-0.05, 0) is 37.0 Å². The third-order valence-electron chi connectivity index (χ3n) is 5.02. The number of nitrogens with zero attached hydrogens (tertiary/aromatic N) is 1. The van der Waals surface area contributed by atoms with Crippen LogP contribution in [0.25, 0.3) is 0 Å². The van der Waals surface area contributed by atoms with Crippen LogP contribution in [0.3, 0.4) is 0 Å². The lowest BCUT2D eigenvalue weighted by atomic mass is 9.88. The predicted molar refractivity (Wildman–Crippen MR) is 88.1 cm³/mol. The molecule has 2 atom stereocenters. The molecule has 2 aliphatic rings. The quantitative estimate of drug-likeness (QED) is 0.817. The molecule has 1 aliphatic carbocycles. The summed E-state index contributed by atoms with van der Waals surface area (Å²) in [6, 6.07) is 1.62. The molecule has 1 heterocycles. The van der Waals surface area contributed by atoms with Gasteiger partial charge in [0.2, 0.25) is 0 Å². The van der Waals surface area contributed by atoms with Crippen molar-refractivity contribution >= 4 is 0 Å². The standard InChI is InChI=1S/C18H36N2/c1-5-8-15-11-16(19-14-18(2,3)4)13-20(12-15)17-9-6-7-10-17/h15-17,19H,5-14H2,1-4H3. The number of nitrogens with one attached hydrogen (secondary N) is 1. The lowest BCUT2D eigenvalue weighted by molar-refractivity contribution is 0.0916. The third kappa shape index (κ3) is 5.04. The van der Waals surface area contributed by atoms with E-state index in [0.717, 1.165) is 24.5 Å². The summed E-state index contributed by atoms with van der Waals surface area (Å²) in [7, 11) is 0. The Morgan fingerprint density at radius 1 is 1.10 bits per heavy atom. The fourth-order valence-corrected chi connectivity index (χ4v) is 4.02. The minimum absolute atomic E-state index is 0.399. The Labute approximate surface area is 126 Å². The van der Waals surface area contributed by atoms with E-state index in [9.17, 15) is 0 Å². The molecule has 2 heteroatoms. The summed E-state index contributed by atoms with van der Waals surface area (Å²) in [6.07, 6.45) is 9.97. The van der Waals surface area contributed by atoms with Crippen LogP contribution in [0, 0.1) is 11.3 Å². The molecule has 2 unspecified atom stereocenters. The van der Waals surface area contributed by atoms with Crippen molar-refractivity contribution in [2.45, 2.75) is 84.7 Å². The molecule has 0 spiro atoms. The van der Waals surface area contributed by atoms with Gasteiger partial charge in [-0.3, -0.25) is 4.90 Å². The Kier molecular flexibility index (Phi) is 5.92. The first-order chi connectivity index (χ1) is 9.48. The second-order valence-electron chi connectivity index (χ2n) is 8.42. The lowest BCUT2D eigenvalue weighted by Gasteiger charge is -2.42. The maximum atomic E-state index is 3.86. The van der Waals surface area contributed by atoms with Crippen LogP contribution < -0.4 is 5.32 Å². The van der Waals surface area contributed by atoms with Crippen LogP contribution in [0.2, 0.25) is 0 Å². The van der Waals surface area contributed by atoms with Crippen molar-refractivity contribution in [2.24, 2.45) is 11.3 Å². The molecule has 2 rings (SSSR count). The van der Waals surface area contributed by atoms with Gasteiger partial charge in [-0.1, -0.05) is 47.0 Å². The average molecular weight is 280 g/mol. The second kappa shape index (κ2) is 7.26. The van der Waals surface area contributed by atoms with Crippen LogP contribution in [-0.4, -0.2) is 36.6 Å². The zero-order valence-corrected chi connectivity index (χ0v) is 14.3. The Hall–Kier alpha value is -0.0800. The fraction of sp³-hybridized carbons (Fsp3) is 1.00. The Balaban J connectivity index is 1.89. The first-order valence-corrected chi connectivity index (χ1v) is 8.95. The molecule has 20 heavy (non-hydrogen) atoms. The van der Waals surface area contributed by atoms with Crippen molar-refractivity contribution in [3.05, 3.63) is 0 Å². The van der Waals surface area contributed by atoms with Gasteiger partial charge < -0.3 is 5.32 Å². The number of rotatable bonds is 5. The largest absolute Gasteiger partial charge is 0.312 e. The minimum Gasteiger partial charge on any atom is -0.312 e. The summed E-state index contributed by atoms with van der Waals surface area (Å²) in [4.78, 5) is 2.83. The van der Waals surface area contributed by atoms with Gasteiger partial charge in [-0.15, -0.1) is 0 Å². The molecule has 2 nitrogen and oxygen atoms in total. The highest BCUT2D eigenvalue weighted by Gasteiger charge is 2.32. The molecular weight excluding hydrogens is 244 g/mol. The molecule has 0 bridgehead atoms. The van der Waals surface area contributed by atoms with E-state index < -0.39 is 0 Å². The van der Waals surface area contributed by atoms with E-state index in [1.165, 1.54) is 58.0 Å². The molecule has 1 saturated carbocycles. The molecule has 0 aromatic heterocycles. The van der Waals surface area contributed by atoms with E-state index in [-0.39, 0.29) is 0 Å². The summed E-state index contributed by atoms with van der Waals surface area (Å²) in [5.41, 5.74) is 0.399. The number of piperidine rings is 1. The van der Waals surface area contributed by atoms with Gasteiger partial charge in [0.05, 0.1) is 0 Å². The van der Waals surface area contributed by atoms with E-state index in [1.807, 2.05) is 0 Å². The summed E-state index contributed by atoms with van der Waals surface area (Å²) < 4.78 is 0. The second-order valence-corrected chi connectivity index (χ2v) is 8.42. The van der Waals surface area contributed by atoms with Crippen LogP contribution in [0.1, 0.15) is 72.6 Å². The minimum atomic E-state index is 0.399. The zero-order chi connectivity index (χ0) is 14.6. The SMILES string of the molecule is CCCC1CC(NCC(C)(C)C)CN(C2CCCC2)C1. The van der Waals surface area contributed by atoms with E-state index in [0.29, 0.717) is 5.41 Å². The Morgan fingerprint density at radius 2 is 1.80 bits per heavy atom. The molecule has 1 saturated heterocycles. The smallest absolute Gasteiger partial charge is 0.0198 e. The van der Waals surface area contributed by atoms with E-state index >= 15 is 0 Å². The van der Waals surface area contributed by atoms with Gasteiger partial charge in [0.25, 0.3) is 0 Å². The maximum Gasteiger partial charge on any atom is 0.0198 e. The van der Waals surface area contributed by atoms with Gasteiger partial charge >= 0.3 is 0 Å². The molecule has 0 aromatic carbocycles. The maximum absolute atomic E-state index is 3.86. The van der Waals surface area contributed by atoms with Crippen molar-refractivity contribution in [1.82, 2.24) is 10.2 Å². The molecule has 0 aromatic rings. The van der Waals surface area contributed by atoms with Gasteiger partial charge in [0.15, 0.2) is 0 Å². The molecule has 0 amide bonds. The molecule has 118 valence electrons. The highest BCUT2D eigenvalue weighted by molar-refractivity contribution is 4.89. The monoisotopic (exact) mass is 280 g/mol. The Morgan fingerprint density at radius 3 is 2.40 bits per heavy atom. The van der Waals surface area contributed by atoms with Crippen LogP contribution in [0.15, 0.2) is 0 Å². The van der Waals surface area contributed by atoms with Gasteiger partial charge in [0, 0.05) is 31.7 Å². The van der Waals surface area contributed by atoms with E-state index in [1.54, 1.807) is 0 Å². The van der Waals surface area contributed by atoms with Crippen molar-refractivity contribution in [2.75, 3.05) is 19.6 Å². The first kappa shape index (κ1) is 16.3. The van der Waals surface area contributed by atoms with Crippen LogP contribution >= 0.6 is 0 Å². The lowest BCUT2D eigenvalue weighted by Crippen LogP contribution is -2.53. The van der Waals surface area contributed by atoms with Crippen molar-refractivity contribution in [3.63, 3.8) is 0 Å². The normalized spacial score (nSPS) is 30.0. The summed E-state index contributed by atoms with van der Waals surface area (Å²) >= 11 is 0.